The second kappa shape index (κ2) is 10.4. The van der Waals surface area contributed by atoms with Gasteiger partial charge in [0.25, 0.3) is 0 Å². The molecule has 2 N–H and O–H groups in total. The Hall–Kier alpha value is -3.22. The van der Waals surface area contributed by atoms with Crippen LogP contribution in [0.5, 0.6) is 11.8 Å². The van der Waals surface area contributed by atoms with Crippen LogP contribution in [0.3, 0.4) is 0 Å². The van der Waals surface area contributed by atoms with Gasteiger partial charge in [0.2, 0.25) is 0 Å². The zero-order valence-electron chi connectivity index (χ0n) is 23.6. The zero-order valence-corrected chi connectivity index (χ0v) is 25.2. The number of hydrogen-bond donors (Lipinski definition) is 2. The van der Waals surface area contributed by atoms with Crippen molar-refractivity contribution in [1.29, 1.82) is 0 Å². The summed E-state index contributed by atoms with van der Waals surface area (Å²) in [6.07, 6.45) is 3.95. The number of rotatable bonds is 5. The number of phenolic OH excluding ortho intramolecular Hbond substituents is 1. The predicted octanol–water partition coefficient (Wildman–Crippen LogP) is 5.90. The maximum atomic E-state index is 16.6. The van der Waals surface area contributed by atoms with Gasteiger partial charge in [0.05, 0.1) is 21.0 Å². The minimum absolute atomic E-state index is 0.0553. The molecule has 2 aromatic heterocycles. The van der Waals surface area contributed by atoms with E-state index in [9.17, 15) is 19.0 Å². The molecule has 2 aromatic carbocycles. The molecule has 7 rings (SSSR count). The molecule has 43 heavy (non-hydrogen) atoms. The number of anilines is 1. The molecule has 0 amide bonds. The van der Waals surface area contributed by atoms with Crippen LogP contribution in [0.4, 0.5) is 19.0 Å². The number of ether oxygens (including phenoxy) is 1. The highest BCUT2D eigenvalue weighted by Gasteiger charge is 2.49. The van der Waals surface area contributed by atoms with E-state index in [0.29, 0.717) is 54.3 Å². The number of aromatic hydroxyl groups is 1. The molecule has 226 valence electrons. The fourth-order valence-electron chi connectivity index (χ4n) is 7.13. The highest BCUT2D eigenvalue weighted by atomic mass is 79.9. The summed E-state index contributed by atoms with van der Waals surface area (Å²) >= 11 is 3.28. The highest BCUT2D eigenvalue weighted by molar-refractivity contribution is 9.10. The average Bonchev–Trinajstić information content (AvgIpc) is 3.48. The van der Waals surface area contributed by atoms with E-state index < -0.39 is 28.9 Å². The molecule has 0 saturated carbocycles. The molecule has 3 aliphatic rings. The first-order chi connectivity index (χ1) is 20.5. The van der Waals surface area contributed by atoms with E-state index in [-0.39, 0.29) is 46.2 Å². The van der Waals surface area contributed by atoms with Gasteiger partial charge in [-0.15, -0.1) is 0 Å². The Balaban J connectivity index is 1.37. The van der Waals surface area contributed by atoms with Gasteiger partial charge in [-0.1, -0.05) is 6.07 Å². The summed E-state index contributed by atoms with van der Waals surface area (Å²) in [4.78, 5) is 17.6. The zero-order chi connectivity index (χ0) is 30.1. The number of aliphatic hydroxyl groups is 1. The van der Waals surface area contributed by atoms with Crippen LogP contribution < -0.4 is 9.64 Å². The second-order valence-corrected chi connectivity index (χ2v) is 13.1. The van der Waals surface area contributed by atoms with Crippen LogP contribution in [0, 0.1) is 11.6 Å². The number of alkyl halides is 1. The molecule has 5 heterocycles. The Morgan fingerprint density at radius 2 is 1.95 bits per heavy atom. The molecule has 8 nitrogen and oxygen atoms in total. The van der Waals surface area contributed by atoms with Gasteiger partial charge in [-0.25, -0.2) is 13.2 Å². The number of nitrogens with zero attached hydrogens (tertiary/aromatic N) is 5. The van der Waals surface area contributed by atoms with Crippen LogP contribution >= 0.6 is 15.9 Å². The van der Waals surface area contributed by atoms with E-state index in [1.54, 1.807) is 6.92 Å². The van der Waals surface area contributed by atoms with Gasteiger partial charge in [-0.3, -0.25) is 9.88 Å². The van der Waals surface area contributed by atoms with E-state index >= 15 is 4.39 Å². The van der Waals surface area contributed by atoms with E-state index in [0.717, 1.165) is 19.4 Å². The molecule has 0 radical (unpaired) electrons. The summed E-state index contributed by atoms with van der Waals surface area (Å²) in [6, 6.07) is 5.51. The number of piperidine rings is 1. The normalized spacial score (nSPS) is 26.0. The fraction of sp³-hybridized carbons (Fsp3) is 0.452. The van der Waals surface area contributed by atoms with Gasteiger partial charge in [-0.05, 0) is 78.7 Å². The fourth-order valence-corrected chi connectivity index (χ4v) is 7.71. The number of hydrogen-bond acceptors (Lipinski definition) is 8. The number of aromatic nitrogens is 3. The third-order valence-electron chi connectivity index (χ3n) is 9.10. The average molecular weight is 659 g/mol. The summed E-state index contributed by atoms with van der Waals surface area (Å²) in [5, 5.41) is 22.5. The molecule has 0 bridgehead atoms. The Bertz CT molecular complexity index is 1760. The Labute approximate surface area is 254 Å². The molecule has 3 aliphatic heterocycles. The summed E-state index contributed by atoms with van der Waals surface area (Å²) in [5.41, 5.74) is -1.43. The van der Waals surface area contributed by atoms with Gasteiger partial charge >= 0.3 is 6.01 Å². The first kappa shape index (κ1) is 28.5. The van der Waals surface area contributed by atoms with E-state index in [1.807, 2.05) is 4.90 Å². The van der Waals surface area contributed by atoms with E-state index in [4.69, 9.17) is 4.74 Å². The number of pyridine rings is 1. The van der Waals surface area contributed by atoms with Crippen LogP contribution in [0.1, 0.15) is 39.0 Å². The molecule has 3 atom stereocenters. The van der Waals surface area contributed by atoms with Crippen LogP contribution in [-0.4, -0.2) is 80.2 Å². The van der Waals surface area contributed by atoms with Crippen molar-refractivity contribution in [1.82, 2.24) is 19.9 Å². The van der Waals surface area contributed by atoms with Crippen molar-refractivity contribution in [3.05, 3.63) is 46.6 Å². The van der Waals surface area contributed by atoms with Crippen LogP contribution in [-0.2, 0) is 0 Å². The van der Waals surface area contributed by atoms with E-state index in [1.165, 1.54) is 30.5 Å². The lowest BCUT2D eigenvalue weighted by molar-refractivity contribution is 0.0447. The number of benzene rings is 2. The minimum atomic E-state index is -0.970. The van der Waals surface area contributed by atoms with Gasteiger partial charge in [-0.2, -0.15) is 9.97 Å². The van der Waals surface area contributed by atoms with Crippen molar-refractivity contribution >= 4 is 43.4 Å². The van der Waals surface area contributed by atoms with Crippen molar-refractivity contribution < 1.29 is 28.1 Å². The van der Waals surface area contributed by atoms with Crippen molar-refractivity contribution in [3.8, 4) is 23.0 Å². The molecule has 12 heteroatoms. The largest absolute Gasteiger partial charge is 0.508 e. The van der Waals surface area contributed by atoms with Crippen LogP contribution in [0.25, 0.3) is 32.9 Å². The molecule has 0 spiro atoms. The lowest BCUT2D eigenvalue weighted by Gasteiger charge is -2.38. The second-order valence-electron chi connectivity index (χ2n) is 12.4. The summed E-state index contributed by atoms with van der Waals surface area (Å²) in [5.74, 6) is -1.08. The highest BCUT2D eigenvalue weighted by Crippen LogP contribution is 2.42. The van der Waals surface area contributed by atoms with Crippen LogP contribution in [0.15, 0.2) is 34.9 Å². The van der Waals surface area contributed by atoms with Crippen molar-refractivity contribution in [3.63, 3.8) is 0 Å². The maximum absolute atomic E-state index is 16.6. The van der Waals surface area contributed by atoms with E-state index in [2.05, 4.69) is 35.8 Å². The smallest absolute Gasteiger partial charge is 0.319 e. The summed E-state index contributed by atoms with van der Waals surface area (Å²) in [6.45, 7) is 3.94. The lowest BCUT2D eigenvalue weighted by atomic mass is 9.95. The monoisotopic (exact) mass is 657 g/mol. The quantitative estimate of drug-likeness (QED) is 0.274. The molecular weight excluding hydrogens is 627 g/mol. The Morgan fingerprint density at radius 3 is 2.77 bits per heavy atom. The minimum Gasteiger partial charge on any atom is -0.508 e. The molecule has 3 fully saturated rings. The summed E-state index contributed by atoms with van der Waals surface area (Å²) in [7, 11) is 0. The number of fused-ring (bicyclic) bond motifs is 3. The first-order valence-electron chi connectivity index (χ1n) is 14.5. The number of halogens is 4. The number of β-amino-alcohol motifs (C(OH)–C–C–N with tert-alkyl or cyclic N) is 1. The SMILES string of the molecule is C[C@]1(O)CCCN(c2nc(OC[C@@]34CCCN3C[C@H](F)C4)nc3c(F)c(-c4cc(O)cc5ccc(F)c(Br)c45)ncc23)C1. The van der Waals surface area contributed by atoms with Crippen molar-refractivity contribution in [2.24, 2.45) is 0 Å². The van der Waals surface area contributed by atoms with Gasteiger partial charge in [0, 0.05) is 43.2 Å². The lowest BCUT2D eigenvalue weighted by Crippen LogP contribution is -2.46. The summed E-state index contributed by atoms with van der Waals surface area (Å²) < 4.78 is 51.9. The third kappa shape index (κ3) is 4.97. The Kier molecular flexibility index (Phi) is 6.94. The molecular formula is C31H31BrF3N5O3. The number of phenols is 1. The molecule has 0 unspecified atom stereocenters. The van der Waals surface area contributed by atoms with Crippen molar-refractivity contribution in [2.75, 3.05) is 37.7 Å². The van der Waals surface area contributed by atoms with Gasteiger partial charge in [0.1, 0.15) is 41.4 Å². The molecule has 4 aromatic rings. The third-order valence-corrected chi connectivity index (χ3v) is 9.87. The molecule has 0 aliphatic carbocycles. The van der Waals surface area contributed by atoms with Crippen LogP contribution in [0.2, 0.25) is 0 Å². The van der Waals surface area contributed by atoms with Crippen molar-refractivity contribution in [2.45, 2.75) is 56.3 Å². The Morgan fingerprint density at radius 1 is 1.14 bits per heavy atom. The molecule has 3 saturated heterocycles. The maximum Gasteiger partial charge on any atom is 0.319 e. The van der Waals surface area contributed by atoms with Gasteiger partial charge in [0.15, 0.2) is 5.82 Å². The first-order valence-corrected chi connectivity index (χ1v) is 15.3. The predicted molar refractivity (Wildman–Crippen MR) is 160 cm³/mol. The topological polar surface area (TPSA) is 94.8 Å². The standard InChI is InChI=1S/C31H31BrF3N5O3/c1-30(42)6-2-8-39(15-30)28-21-13-36-26(20-11-19(41)10-17-4-5-22(34)24(32)23(17)20)25(35)27(21)37-29(38-28)43-16-31-7-3-9-40(31)14-18(33)12-31/h4-5,10-11,13,18,41-42H,2-3,6-9,12,14-16H2,1H3/t18-,30+,31+/m1/s1. The van der Waals surface area contributed by atoms with Gasteiger partial charge < -0.3 is 19.8 Å².